The summed E-state index contributed by atoms with van der Waals surface area (Å²) in [6, 6.07) is 19.8. The lowest BCUT2D eigenvalue weighted by Gasteiger charge is -2.30. The number of aromatic nitrogens is 3. The lowest BCUT2D eigenvalue weighted by molar-refractivity contribution is 0.241. The van der Waals surface area contributed by atoms with Gasteiger partial charge in [0.05, 0.1) is 11.9 Å². The van der Waals surface area contributed by atoms with E-state index in [1.807, 2.05) is 61.8 Å². The lowest BCUT2D eigenvalue weighted by Crippen LogP contribution is -2.35. The molecule has 0 spiro atoms. The van der Waals surface area contributed by atoms with Gasteiger partial charge >= 0.3 is 0 Å². The van der Waals surface area contributed by atoms with Crippen LogP contribution in [0.5, 0.6) is 0 Å². The molecule has 6 heteroatoms. The number of halogens is 1. The second kappa shape index (κ2) is 8.17. The van der Waals surface area contributed by atoms with E-state index in [2.05, 4.69) is 27.2 Å². The number of pyridine rings is 1. The van der Waals surface area contributed by atoms with Crippen LogP contribution in [0.1, 0.15) is 16.8 Å². The summed E-state index contributed by atoms with van der Waals surface area (Å²) in [6.45, 7) is 2.47. The second-order valence-electron chi connectivity index (χ2n) is 7.97. The van der Waals surface area contributed by atoms with Crippen molar-refractivity contribution in [2.24, 2.45) is 7.05 Å². The summed E-state index contributed by atoms with van der Waals surface area (Å²) in [5, 5.41) is 8.03. The van der Waals surface area contributed by atoms with E-state index < -0.39 is 0 Å². The summed E-state index contributed by atoms with van der Waals surface area (Å²) in [4.78, 5) is 15.4. The molecule has 0 atom stereocenters. The van der Waals surface area contributed by atoms with Crippen LogP contribution in [0.3, 0.4) is 0 Å². The lowest BCUT2D eigenvalue weighted by atomic mass is 9.98. The van der Waals surface area contributed by atoms with Crippen molar-refractivity contribution in [2.45, 2.75) is 19.5 Å². The van der Waals surface area contributed by atoms with E-state index in [9.17, 15) is 4.79 Å². The molecule has 5 nitrogen and oxygen atoms in total. The molecule has 0 unspecified atom stereocenters. The van der Waals surface area contributed by atoms with E-state index in [1.165, 1.54) is 11.1 Å². The number of aromatic amines is 1. The molecular formula is C25H23ClN4O. The molecule has 0 radical (unpaired) electrons. The van der Waals surface area contributed by atoms with E-state index in [0.29, 0.717) is 10.6 Å². The molecule has 1 aliphatic rings. The number of hydrogen-bond acceptors (Lipinski definition) is 3. The van der Waals surface area contributed by atoms with E-state index >= 15 is 0 Å². The largest absolute Gasteiger partial charge is 0.315 e. The fourth-order valence-corrected chi connectivity index (χ4v) is 4.66. The predicted octanol–water partition coefficient (Wildman–Crippen LogP) is 4.65. The minimum absolute atomic E-state index is 0.00139. The zero-order valence-electron chi connectivity index (χ0n) is 17.3. The highest BCUT2D eigenvalue weighted by Gasteiger charge is 2.23. The Morgan fingerprint density at radius 1 is 1.06 bits per heavy atom. The predicted molar refractivity (Wildman–Crippen MR) is 124 cm³/mol. The van der Waals surface area contributed by atoms with Crippen LogP contribution in [0.2, 0.25) is 5.02 Å². The third-order valence-electron chi connectivity index (χ3n) is 6.03. The Hall–Kier alpha value is -3.15. The Labute approximate surface area is 185 Å². The van der Waals surface area contributed by atoms with E-state index in [4.69, 9.17) is 11.6 Å². The highest BCUT2D eigenvalue weighted by atomic mass is 35.5. The van der Waals surface area contributed by atoms with Crippen molar-refractivity contribution in [1.29, 1.82) is 0 Å². The van der Waals surface area contributed by atoms with Crippen LogP contribution >= 0.6 is 11.6 Å². The molecule has 31 heavy (non-hydrogen) atoms. The number of benzene rings is 2. The minimum Gasteiger partial charge on any atom is -0.315 e. The first-order valence-corrected chi connectivity index (χ1v) is 10.8. The molecule has 4 aromatic rings. The van der Waals surface area contributed by atoms with Gasteiger partial charge < -0.3 is 4.57 Å². The standard InChI is InChI=1S/C25H23ClN4O/c1-29-23-11-12-30(16-19-14-27-28-24(19)17-7-3-2-4-8-17)15-18(23)13-21(25(29)31)20-9-5-6-10-22(20)26/h2-10,13-14H,11-12,15-16H2,1H3,(H,27,28). The third kappa shape index (κ3) is 3.71. The van der Waals surface area contributed by atoms with Crippen LogP contribution in [0.25, 0.3) is 22.4 Å². The van der Waals surface area contributed by atoms with Gasteiger partial charge in [-0.05, 0) is 23.3 Å². The summed E-state index contributed by atoms with van der Waals surface area (Å²) in [7, 11) is 1.86. The van der Waals surface area contributed by atoms with Crippen LogP contribution in [-0.2, 0) is 26.6 Å². The average molecular weight is 431 g/mol. The van der Waals surface area contributed by atoms with Gasteiger partial charge in [0.15, 0.2) is 0 Å². The van der Waals surface area contributed by atoms with Gasteiger partial charge in [0.1, 0.15) is 0 Å². The molecule has 2 aromatic carbocycles. The van der Waals surface area contributed by atoms with Crippen molar-refractivity contribution in [3.05, 3.63) is 99.1 Å². The van der Waals surface area contributed by atoms with Crippen LogP contribution in [0.15, 0.2) is 71.7 Å². The van der Waals surface area contributed by atoms with Crippen molar-refractivity contribution in [1.82, 2.24) is 19.7 Å². The molecule has 0 amide bonds. The number of H-pyrrole nitrogens is 1. The quantitative estimate of drug-likeness (QED) is 0.512. The number of fused-ring (bicyclic) bond motifs is 1. The molecule has 0 aliphatic carbocycles. The van der Waals surface area contributed by atoms with Crippen LogP contribution in [0, 0.1) is 0 Å². The van der Waals surface area contributed by atoms with Crippen LogP contribution in [-0.4, -0.2) is 26.2 Å². The molecule has 0 bridgehead atoms. The SMILES string of the molecule is Cn1c2c(cc(-c3ccccc3Cl)c1=O)CN(Cc1cn[nH]c1-c1ccccc1)CC2. The van der Waals surface area contributed by atoms with Crippen molar-refractivity contribution >= 4 is 11.6 Å². The molecule has 1 aliphatic heterocycles. The fraction of sp³-hybridized carbons (Fsp3) is 0.200. The van der Waals surface area contributed by atoms with Crippen molar-refractivity contribution < 1.29 is 0 Å². The van der Waals surface area contributed by atoms with Gasteiger partial charge in [-0.15, -0.1) is 0 Å². The maximum Gasteiger partial charge on any atom is 0.258 e. The van der Waals surface area contributed by atoms with Crippen LogP contribution in [0.4, 0.5) is 0 Å². The number of hydrogen-bond donors (Lipinski definition) is 1. The fourth-order valence-electron chi connectivity index (χ4n) is 4.42. The zero-order chi connectivity index (χ0) is 21.4. The van der Waals surface area contributed by atoms with Crippen molar-refractivity contribution in [2.75, 3.05) is 6.54 Å². The Balaban J connectivity index is 1.46. The molecule has 0 saturated heterocycles. The molecule has 156 valence electrons. The van der Waals surface area contributed by atoms with Gasteiger partial charge in [0.2, 0.25) is 0 Å². The second-order valence-corrected chi connectivity index (χ2v) is 8.38. The molecule has 0 fully saturated rings. The Morgan fingerprint density at radius 3 is 2.65 bits per heavy atom. The first-order chi connectivity index (χ1) is 15.1. The minimum atomic E-state index is 0.00139. The molecule has 3 heterocycles. The number of nitrogens with one attached hydrogen (secondary N) is 1. The summed E-state index contributed by atoms with van der Waals surface area (Å²) >= 11 is 6.40. The maximum absolute atomic E-state index is 13.0. The first kappa shape index (κ1) is 19.8. The van der Waals surface area contributed by atoms with E-state index in [-0.39, 0.29) is 5.56 Å². The average Bonchev–Trinajstić information content (AvgIpc) is 3.25. The van der Waals surface area contributed by atoms with Gasteiger partial charge in [0, 0.05) is 60.5 Å². The maximum atomic E-state index is 13.0. The van der Waals surface area contributed by atoms with Gasteiger partial charge in [-0.3, -0.25) is 14.8 Å². The normalized spacial score (nSPS) is 13.9. The smallest absolute Gasteiger partial charge is 0.258 e. The Morgan fingerprint density at radius 2 is 1.84 bits per heavy atom. The highest BCUT2D eigenvalue weighted by Crippen LogP contribution is 2.29. The van der Waals surface area contributed by atoms with Crippen molar-refractivity contribution in [3.8, 4) is 22.4 Å². The summed E-state index contributed by atoms with van der Waals surface area (Å²) < 4.78 is 1.79. The summed E-state index contributed by atoms with van der Waals surface area (Å²) in [5.41, 5.74) is 7.08. The third-order valence-corrected chi connectivity index (χ3v) is 6.36. The van der Waals surface area contributed by atoms with Gasteiger partial charge in [-0.1, -0.05) is 60.1 Å². The van der Waals surface area contributed by atoms with Gasteiger partial charge in [0.25, 0.3) is 5.56 Å². The zero-order valence-corrected chi connectivity index (χ0v) is 18.1. The number of rotatable bonds is 4. The van der Waals surface area contributed by atoms with Gasteiger partial charge in [-0.25, -0.2) is 0 Å². The Kier molecular flexibility index (Phi) is 5.22. The monoisotopic (exact) mass is 430 g/mol. The summed E-state index contributed by atoms with van der Waals surface area (Å²) in [6.07, 6.45) is 2.75. The van der Waals surface area contributed by atoms with E-state index in [0.717, 1.165) is 48.6 Å². The summed E-state index contributed by atoms with van der Waals surface area (Å²) in [5.74, 6) is 0. The topological polar surface area (TPSA) is 53.9 Å². The molecule has 5 rings (SSSR count). The Bertz CT molecular complexity index is 1290. The number of nitrogens with zero attached hydrogens (tertiary/aromatic N) is 3. The van der Waals surface area contributed by atoms with Gasteiger partial charge in [-0.2, -0.15) is 5.10 Å². The van der Waals surface area contributed by atoms with E-state index in [1.54, 1.807) is 4.57 Å². The first-order valence-electron chi connectivity index (χ1n) is 10.4. The van der Waals surface area contributed by atoms with Crippen LogP contribution < -0.4 is 5.56 Å². The molecular weight excluding hydrogens is 408 g/mol. The molecule has 0 saturated carbocycles. The molecule has 2 aromatic heterocycles. The van der Waals surface area contributed by atoms with Crippen molar-refractivity contribution in [3.63, 3.8) is 0 Å². The highest BCUT2D eigenvalue weighted by molar-refractivity contribution is 6.33. The molecule has 1 N–H and O–H groups in total.